The molecule has 0 aromatic heterocycles. The summed E-state index contributed by atoms with van der Waals surface area (Å²) >= 11 is 0. The lowest BCUT2D eigenvalue weighted by Gasteiger charge is -2.17. The molecule has 0 saturated heterocycles. The van der Waals surface area contributed by atoms with Crippen molar-refractivity contribution in [1.29, 1.82) is 0 Å². The molecule has 0 bridgehead atoms. The van der Waals surface area contributed by atoms with Crippen molar-refractivity contribution in [3.05, 3.63) is 23.7 Å². The summed E-state index contributed by atoms with van der Waals surface area (Å²) in [5.74, 6) is -0.949. The fourth-order valence-electron chi connectivity index (χ4n) is 2.43. The molecule has 0 aromatic carbocycles. The highest BCUT2D eigenvalue weighted by atomic mass is 19.1. The Morgan fingerprint density at radius 1 is 1.04 bits per heavy atom. The Kier molecular flexibility index (Phi) is 15.3. The third-order valence-corrected chi connectivity index (χ3v) is 3.95. The van der Waals surface area contributed by atoms with Crippen LogP contribution in [0.2, 0.25) is 0 Å². The van der Waals surface area contributed by atoms with E-state index in [9.17, 15) is 9.18 Å². The minimum absolute atomic E-state index is 0.0489. The fourth-order valence-corrected chi connectivity index (χ4v) is 2.43. The van der Waals surface area contributed by atoms with Gasteiger partial charge in [0.2, 0.25) is 0 Å². The predicted octanol–water partition coefficient (Wildman–Crippen LogP) is 6.49. The van der Waals surface area contributed by atoms with E-state index in [2.05, 4.69) is 13.8 Å². The van der Waals surface area contributed by atoms with Gasteiger partial charge in [0.15, 0.2) is 0 Å². The summed E-state index contributed by atoms with van der Waals surface area (Å²) in [5.41, 5.74) is 0. The molecule has 0 spiro atoms. The lowest BCUT2D eigenvalue weighted by molar-refractivity contribution is -0.147. The topological polar surface area (TPSA) is 35.5 Å². The Hall–Kier alpha value is -1.32. The fraction of sp³-hybridized carbons (Fsp3) is 0.762. The first-order valence-electron chi connectivity index (χ1n) is 10.0. The van der Waals surface area contributed by atoms with Crippen molar-refractivity contribution >= 4 is 5.97 Å². The van der Waals surface area contributed by atoms with Crippen LogP contribution in [0.1, 0.15) is 85.5 Å². The van der Waals surface area contributed by atoms with E-state index >= 15 is 0 Å². The second-order valence-electron chi connectivity index (χ2n) is 6.08. The van der Waals surface area contributed by atoms with Crippen molar-refractivity contribution in [2.24, 2.45) is 5.92 Å². The molecule has 0 saturated carbocycles. The van der Waals surface area contributed by atoms with Crippen LogP contribution in [0.4, 0.5) is 4.39 Å². The minimum Gasteiger partial charge on any atom is -0.491 e. The van der Waals surface area contributed by atoms with Gasteiger partial charge in [-0.3, -0.25) is 4.79 Å². The van der Waals surface area contributed by atoms with Gasteiger partial charge in [-0.15, -0.1) is 0 Å². The quantitative estimate of drug-likeness (QED) is 0.296. The number of carbonyl (C=O) groups is 1. The SMILES string of the molecule is CC.CCCCCCCCOC(=O)C1C=CC(OCCCC)=C(F)C1. The molecule has 1 aliphatic carbocycles. The van der Waals surface area contributed by atoms with E-state index < -0.39 is 5.92 Å². The van der Waals surface area contributed by atoms with Crippen molar-refractivity contribution in [2.45, 2.75) is 85.5 Å². The normalized spacial score (nSPS) is 16.3. The van der Waals surface area contributed by atoms with Gasteiger partial charge in [0.05, 0.1) is 19.1 Å². The largest absolute Gasteiger partial charge is 0.491 e. The molecule has 0 aromatic rings. The smallest absolute Gasteiger partial charge is 0.313 e. The number of allylic oxidation sites excluding steroid dienone is 2. The molecular weight excluding hydrogens is 319 g/mol. The molecule has 0 N–H and O–H groups in total. The number of hydrogen-bond acceptors (Lipinski definition) is 3. The maximum atomic E-state index is 13.9. The van der Waals surface area contributed by atoms with E-state index in [1.54, 1.807) is 12.2 Å². The summed E-state index contributed by atoms with van der Waals surface area (Å²) in [6.45, 7) is 9.19. The molecular formula is C21H37FO3. The number of halogens is 1. The summed E-state index contributed by atoms with van der Waals surface area (Å²) in [5, 5.41) is 0. The average molecular weight is 357 g/mol. The number of esters is 1. The number of ether oxygens (including phenoxy) is 2. The van der Waals surface area contributed by atoms with Crippen LogP contribution < -0.4 is 0 Å². The van der Waals surface area contributed by atoms with Crippen LogP contribution in [0.15, 0.2) is 23.7 Å². The highest BCUT2D eigenvalue weighted by Crippen LogP contribution is 2.26. The van der Waals surface area contributed by atoms with Crippen molar-refractivity contribution in [1.82, 2.24) is 0 Å². The lowest BCUT2D eigenvalue weighted by atomic mass is 9.99. The Labute approximate surface area is 153 Å². The zero-order chi connectivity index (χ0) is 18.9. The predicted molar refractivity (Wildman–Crippen MR) is 102 cm³/mol. The minimum atomic E-state index is -0.520. The van der Waals surface area contributed by atoms with Gasteiger partial charge < -0.3 is 9.47 Å². The van der Waals surface area contributed by atoms with Crippen molar-refractivity contribution in [3.8, 4) is 0 Å². The first kappa shape index (κ1) is 23.7. The Balaban J connectivity index is 0.00000277. The van der Waals surface area contributed by atoms with Gasteiger partial charge in [0, 0.05) is 6.42 Å². The van der Waals surface area contributed by atoms with Gasteiger partial charge >= 0.3 is 5.97 Å². The highest BCUT2D eigenvalue weighted by Gasteiger charge is 2.24. The van der Waals surface area contributed by atoms with Gasteiger partial charge in [-0.1, -0.05) is 72.3 Å². The number of rotatable bonds is 12. The molecule has 1 rings (SSSR count). The molecule has 0 aliphatic heterocycles. The highest BCUT2D eigenvalue weighted by molar-refractivity contribution is 5.75. The number of carbonyl (C=O) groups excluding carboxylic acids is 1. The Morgan fingerprint density at radius 2 is 1.68 bits per heavy atom. The number of hydrogen-bond donors (Lipinski definition) is 0. The van der Waals surface area contributed by atoms with E-state index in [0.29, 0.717) is 13.2 Å². The van der Waals surface area contributed by atoms with E-state index in [-0.39, 0.29) is 24.0 Å². The van der Waals surface area contributed by atoms with Crippen molar-refractivity contribution in [2.75, 3.05) is 13.2 Å². The van der Waals surface area contributed by atoms with Crippen molar-refractivity contribution in [3.63, 3.8) is 0 Å². The van der Waals surface area contributed by atoms with Crippen LogP contribution in [0.25, 0.3) is 0 Å². The second-order valence-corrected chi connectivity index (χ2v) is 6.08. The van der Waals surface area contributed by atoms with Gasteiger partial charge in [-0.2, -0.15) is 0 Å². The van der Waals surface area contributed by atoms with Crippen molar-refractivity contribution < 1.29 is 18.7 Å². The number of unbranched alkanes of at least 4 members (excludes halogenated alkanes) is 6. The Bertz CT molecular complexity index is 402. The Morgan fingerprint density at radius 3 is 2.32 bits per heavy atom. The van der Waals surface area contributed by atoms with Crippen LogP contribution in [-0.2, 0) is 14.3 Å². The zero-order valence-corrected chi connectivity index (χ0v) is 16.6. The second kappa shape index (κ2) is 16.2. The zero-order valence-electron chi connectivity index (χ0n) is 16.6. The van der Waals surface area contributed by atoms with E-state index in [0.717, 1.165) is 25.7 Å². The van der Waals surface area contributed by atoms with Crippen LogP contribution in [-0.4, -0.2) is 19.2 Å². The molecule has 0 radical (unpaired) electrons. The monoisotopic (exact) mass is 356 g/mol. The van der Waals surface area contributed by atoms with Crippen LogP contribution in [0, 0.1) is 5.92 Å². The maximum Gasteiger partial charge on any atom is 0.313 e. The summed E-state index contributed by atoms with van der Waals surface area (Å²) < 4.78 is 24.6. The van der Waals surface area contributed by atoms with E-state index in [1.807, 2.05) is 13.8 Å². The average Bonchev–Trinajstić information content (AvgIpc) is 2.64. The molecule has 146 valence electrons. The molecule has 25 heavy (non-hydrogen) atoms. The molecule has 0 amide bonds. The molecule has 1 aliphatic rings. The van der Waals surface area contributed by atoms with Crippen LogP contribution >= 0.6 is 0 Å². The van der Waals surface area contributed by atoms with Crippen LogP contribution in [0.5, 0.6) is 0 Å². The first-order valence-corrected chi connectivity index (χ1v) is 10.0. The summed E-state index contributed by atoms with van der Waals surface area (Å²) in [6.07, 6.45) is 12.1. The third kappa shape index (κ3) is 11.0. The van der Waals surface area contributed by atoms with E-state index in [4.69, 9.17) is 9.47 Å². The molecule has 0 fully saturated rings. The first-order chi connectivity index (χ1) is 12.2. The van der Waals surface area contributed by atoms with Gasteiger partial charge in [-0.05, 0) is 18.9 Å². The summed E-state index contributed by atoms with van der Waals surface area (Å²) in [4.78, 5) is 11.9. The molecule has 1 unspecified atom stereocenters. The molecule has 0 heterocycles. The van der Waals surface area contributed by atoms with Gasteiger partial charge in [0.1, 0.15) is 11.6 Å². The third-order valence-electron chi connectivity index (χ3n) is 3.95. The lowest BCUT2D eigenvalue weighted by Crippen LogP contribution is -2.19. The van der Waals surface area contributed by atoms with Gasteiger partial charge in [0.25, 0.3) is 0 Å². The summed E-state index contributed by atoms with van der Waals surface area (Å²) in [6, 6.07) is 0. The van der Waals surface area contributed by atoms with E-state index in [1.165, 1.54) is 25.7 Å². The maximum absolute atomic E-state index is 13.9. The molecule has 3 nitrogen and oxygen atoms in total. The van der Waals surface area contributed by atoms with Crippen LogP contribution in [0.3, 0.4) is 0 Å². The standard InChI is InChI=1S/C19H31FO3.C2H6/c1-3-5-7-8-9-10-14-23-19(21)16-11-12-18(17(20)15-16)22-13-6-4-2;1-2/h11-12,16H,3-10,13-15H2,1-2H3;1-2H3. The summed E-state index contributed by atoms with van der Waals surface area (Å²) in [7, 11) is 0. The molecule has 1 atom stereocenters. The van der Waals surface area contributed by atoms with Gasteiger partial charge in [-0.25, -0.2) is 4.39 Å². The molecule has 4 heteroatoms.